The monoisotopic (exact) mass is 236 g/mol. The van der Waals surface area contributed by atoms with E-state index in [1.54, 1.807) is 18.2 Å². The number of carbonyl (C=O) groups is 1. The van der Waals surface area contributed by atoms with Crippen molar-refractivity contribution in [2.24, 2.45) is 0 Å². The molecule has 0 aliphatic carbocycles. The van der Waals surface area contributed by atoms with Crippen LogP contribution < -0.4 is 0 Å². The molecule has 0 fully saturated rings. The van der Waals surface area contributed by atoms with Gasteiger partial charge in [0.2, 0.25) is 0 Å². The van der Waals surface area contributed by atoms with Crippen molar-refractivity contribution in [2.75, 3.05) is 7.11 Å². The van der Waals surface area contributed by atoms with Crippen LogP contribution in [0.3, 0.4) is 0 Å². The van der Waals surface area contributed by atoms with Gasteiger partial charge in [0.05, 0.1) is 13.2 Å². The van der Waals surface area contributed by atoms with Gasteiger partial charge in [-0.15, -0.1) is 0 Å². The first-order chi connectivity index (χ1) is 8.17. The summed E-state index contributed by atoms with van der Waals surface area (Å²) >= 11 is 0. The van der Waals surface area contributed by atoms with Crippen LogP contribution in [0, 0.1) is 0 Å². The molecule has 0 radical (unpaired) electrons. The van der Waals surface area contributed by atoms with E-state index in [0.29, 0.717) is 12.0 Å². The van der Waals surface area contributed by atoms with Crippen LogP contribution in [0.15, 0.2) is 18.2 Å². The van der Waals surface area contributed by atoms with E-state index in [2.05, 4.69) is 0 Å². The molecule has 0 spiro atoms. The Kier molecular flexibility index (Phi) is 3.33. The van der Waals surface area contributed by atoms with Crippen LogP contribution in [-0.2, 0) is 20.7 Å². The Morgan fingerprint density at radius 1 is 1.59 bits per heavy atom. The molecule has 4 nitrogen and oxygen atoms in total. The molecule has 4 heteroatoms. The van der Waals surface area contributed by atoms with Gasteiger partial charge < -0.3 is 14.6 Å². The van der Waals surface area contributed by atoms with Gasteiger partial charge in [0, 0.05) is 12.0 Å². The van der Waals surface area contributed by atoms with E-state index in [1.165, 1.54) is 7.11 Å². The Balaban J connectivity index is 2.43. The zero-order valence-electron chi connectivity index (χ0n) is 9.97. The molecule has 17 heavy (non-hydrogen) atoms. The van der Waals surface area contributed by atoms with Crippen LogP contribution in [0.25, 0.3) is 0 Å². The first-order valence-corrected chi connectivity index (χ1v) is 5.71. The molecule has 0 bridgehead atoms. The van der Waals surface area contributed by atoms with Crippen molar-refractivity contribution in [3.63, 3.8) is 0 Å². The van der Waals surface area contributed by atoms with E-state index in [0.717, 1.165) is 12.0 Å². The van der Waals surface area contributed by atoms with Crippen molar-refractivity contribution in [1.82, 2.24) is 0 Å². The van der Waals surface area contributed by atoms with Crippen LogP contribution in [0.1, 0.15) is 30.6 Å². The quantitative estimate of drug-likeness (QED) is 0.797. The Morgan fingerprint density at radius 3 is 3.00 bits per heavy atom. The summed E-state index contributed by atoms with van der Waals surface area (Å²) in [6.45, 7) is 1.99. The maximum absolute atomic E-state index is 11.7. The summed E-state index contributed by atoms with van der Waals surface area (Å²) in [6.07, 6.45) is 0.647. The van der Waals surface area contributed by atoms with E-state index in [-0.39, 0.29) is 11.9 Å². The largest absolute Gasteiger partial charge is 0.508 e. The Labute approximate surface area is 100 Å². The molecule has 0 saturated heterocycles. The molecule has 1 aliphatic heterocycles. The number of rotatable bonds is 2. The number of carbonyl (C=O) groups excluding carboxylic acids is 1. The summed E-state index contributed by atoms with van der Waals surface area (Å²) in [5.41, 5.74) is 1.50. The lowest BCUT2D eigenvalue weighted by Gasteiger charge is -2.30. The normalized spacial score (nSPS) is 22.9. The van der Waals surface area contributed by atoms with Gasteiger partial charge in [0.1, 0.15) is 5.75 Å². The summed E-state index contributed by atoms with van der Waals surface area (Å²) in [5.74, 6) is -0.201. The van der Waals surface area contributed by atoms with Gasteiger partial charge in [-0.2, -0.15) is 0 Å². The van der Waals surface area contributed by atoms with Gasteiger partial charge in [-0.25, -0.2) is 4.79 Å². The van der Waals surface area contributed by atoms with Crippen molar-refractivity contribution in [3.05, 3.63) is 29.3 Å². The predicted octanol–water partition coefficient (Wildman–Crippen LogP) is 1.96. The molecule has 1 aliphatic rings. The van der Waals surface area contributed by atoms with Crippen molar-refractivity contribution >= 4 is 5.97 Å². The van der Waals surface area contributed by atoms with Gasteiger partial charge in [-0.1, -0.05) is 19.1 Å². The Morgan fingerprint density at radius 2 is 2.35 bits per heavy atom. The highest BCUT2D eigenvalue weighted by atomic mass is 16.6. The minimum atomic E-state index is -0.721. The third-order valence-corrected chi connectivity index (χ3v) is 3.10. The third-order valence-electron chi connectivity index (χ3n) is 3.10. The maximum Gasteiger partial charge on any atom is 0.339 e. The number of phenolic OH excluding ortho intramolecular Hbond substituents is 1. The fourth-order valence-electron chi connectivity index (χ4n) is 2.13. The van der Waals surface area contributed by atoms with E-state index < -0.39 is 12.1 Å². The van der Waals surface area contributed by atoms with Gasteiger partial charge in [-0.05, 0) is 18.1 Å². The number of methoxy groups -OCH3 is 1. The lowest BCUT2D eigenvalue weighted by Crippen LogP contribution is -2.30. The second-order valence-corrected chi connectivity index (χ2v) is 4.12. The van der Waals surface area contributed by atoms with Crippen LogP contribution in [-0.4, -0.2) is 24.3 Å². The second-order valence-electron chi connectivity index (χ2n) is 4.12. The molecule has 0 saturated carbocycles. The van der Waals surface area contributed by atoms with Crippen molar-refractivity contribution < 1.29 is 19.4 Å². The smallest absolute Gasteiger partial charge is 0.339 e. The lowest BCUT2D eigenvalue weighted by atomic mass is 9.92. The van der Waals surface area contributed by atoms with Crippen molar-refractivity contribution in [2.45, 2.75) is 32.0 Å². The number of esters is 1. The van der Waals surface area contributed by atoms with E-state index in [1.807, 2.05) is 6.92 Å². The number of fused-ring (bicyclic) bond motifs is 1. The third kappa shape index (κ3) is 2.13. The molecule has 1 aromatic carbocycles. The molecule has 0 aromatic heterocycles. The fourth-order valence-corrected chi connectivity index (χ4v) is 2.13. The van der Waals surface area contributed by atoms with Gasteiger partial charge in [0.25, 0.3) is 0 Å². The minimum Gasteiger partial charge on any atom is -0.508 e. The average Bonchev–Trinajstić information content (AvgIpc) is 2.37. The number of ether oxygens (including phenoxy) is 2. The highest BCUT2D eigenvalue weighted by molar-refractivity contribution is 5.77. The van der Waals surface area contributed by atoms with Crippen molar-refractivity contribution in [3.8, 4) is 5.75 Å². The highest BCUT2D eigenvalue weighted by Crippen LogP contribution is 2.36. The van der Waals surface area contributed by atoms with Crippen molar-refractivity contribution in [1.29, 1.82) is 0 Å². The molecule has 2 unspecified atom stereocenters. The van der Waals surface area contributed by atoms with Gasteiger partial charge in [-0.3, -0.25) is 0 Å². The van der Waals surface area contributed by atoms with Gasteiger partial charge >= 0.3 is 5.97 Å². The van der Waals surface area contributed by atoms with Crippen LogP contribution >= 0.6 is 0 Å². The zero-order valence-corrected chi connectivity index (χ0v) is 9.97. The first-order valence-electron chi connectivity index (χ1n) is 5.71. The summed E-state index contributed by atoms with van der Waals surface area (Å²) in [5, 5.41) is 9.83. The molecule has 2 atom stereocenters. The first kappa shape index (κ1) is 11.9. The molecule has 1 aromatic rings. The summed E-state index contributed by atoms with van der Waals surface area (Å²) in [4.78, 5) is 11.7. The lowest BCUT2D eigenvalue weighted by molar-refractivity contribution is -0.160. The summed E-state index contributed by atoms with van der Waals surface area (Å²) in [6, 6.07) is 5.13. The molecule has 92 valence electrons. The summed E-state index contributed by atoms with van der Waals surface area (Å²) in [7, 11) is 1.34. The second kappa shape index (κ2) is 4.75. The maximum atomic E-state index is 11.7. The Bertz CT molecular complexity index is 427. The topological polar surface area (TPSA) is 55.8 Å². The number of hydrogen-bond donors (Lipinski definition) is 1. The standard InChI is InChI=1S/C13H16O4/c1-3-8-7-10-9(5-4-6-11(10)14)12(17-8)13(15)16-2/h4-6,8,12,14H,3,7H2,1-2H3. The number of phenols is 1. The minimum absolute atomic E-state index is 0.0556. The zero-order chi connectivity index (χ0) is 12.4. The van der Waals surface area contributed by atoms with Crippen LogP contribution in [0.5, 0.6) is 5.75 Å². The highest BCUT2D eigenvalue weighted by Gasteiger charge is 2.33. The number of benzene rings is 1. The van der Waals surface area contributed by atoms with E-state index in [9.17, 15) is 9.90 Å². The van der Waals surface area contributed by atoms with Crippen LogP contribution in [0.4, 0.5) is 0 Å². The Hall–Kier alpha value is -1.55. The number of aromatic hydroxyl groups is 1. The fraction of sp³-hybridized carbons (Fsp3) is 0.462. The van der Waals surface area contributed by atoms with E-state index in [4.69, 9.17) is 9.47 Å². The predicted molar refractivity (Wildman–Crippen MR) is 61.7 cm³/mol. The molecular formula is C13H16O4. The average molecular weight is 236 g/mol. The molecule has 1 N–H and O–H groups in total. The molecule has 0 amide bonds. The molecule has 1 heterocycles. The molecule has 2 rings (SSSR count). The summed E-state index contributed by atoms with van der Waals surface area (Å²) < 4.78 is 10.4. The SMILES string of the molecule is CCC1Cc2c(O)cccc2C(C(=O)OC)O1. The van der Waals surface area contributed by atoms with Gasteiger partial charge in [0.15, 0.2) is 6.10 Å². The number of hydrogen-bond acceptors (Lipinski definition) is 4. The van der Waals surface area contributed by atoms with E-state index >= 15 is 0 Å². The van der Waals surface area contributed by atoms with Crippen LogP contribution in [0.2, 0.25) is 0 Å². The molecular weight excluding hydrogens is 220 g/mol.